The van der Waals surface area contributed by atoms with E-state index in [1.165, 1.54) is 5.56 Å². The van der Waals surface area contributed by atoms with Crippen molar-refractivity contribution in [1.82, 2.24) is 9.80 Å². The fraction of sp³-hybridized carbons (Fsp3) is 0.435. The number of aliphatic hydroxyl groups excluding tert-OH is 1. The van der Waals surface area contributed by atoms with Crippen LogP contribution in [0.3, 0.4) is 0 Å². The predicted molar refractivity (Wildman–Crippen MR) is 107 cm³/mol. The largest absolute Gasteiger partial charge is 0.390 e. The van der Waals surface area contributed by atoms with Gasteiger partial charge in [-0.05, 0) is 56.0 Å². The molecule has 2 aliphatic heterocycles. The quantitative estimate of drug-likeness (QED) is 0.910. The van der Waals surface area contributed by atoms with Crippen LogP contribution in [0.15, 0.2) is 60.7 Å². The molecule has 4 nitrogen and oxygen atoms in total. The van der Waals surface area contributed by atoms with Crippen molar-refractivity contribution in [2.75, 3.05) is 26.2 Å². The maximum absolute atomic E-state index is 12.6. The Morgan fingerprint density at radius 3 is 2.11 bits per heavy atom. The second kappa shape index (κ2) is 8.24. The van der Waals surface area contributed by atoms with Gasteiger partial charge in [-0.2, -0.15) is 0 Å². The van der Waals surface area contributed by atoms with E-state index in [0.717, 1.165) is 32.4 Å². The maximum Gasteiger partial charge on any atom is 0.253 e. The van der Waals surface area contributed by atoms with E-state index in [0.29, 0.717) is 24.6 Å². The standard InChI is InChI=1S/C23H28N2O2/c26-22-17-25(23(27)20-9-5-2-6-10-20)16-13-21(22)24-14-11-19(12-15-24)18-7-3-1-4-8-18/h1-10,19,21-22,26H,11-17H2. The Bertz CT molecular complexity index is 741. The number of rotatable bonds is 3. The Morgan fingerprint density at radius 1 is 0.852 bits per heavy atom. The third-order valence-electron chi connectivity index (χ3n) is 6.12. The molecule has 27 heavy (non-hydrogen) atoms. The van der Waals surface area contributed by atoms with Crippen LogP contribution in [0.2, 0.25) is 0 Å². The summed E-state index contributed by atoms with van der Waals surface area (Å²) >= 11 is 0. The number of carbonyl (C=O) groups excluding carboxylic acids is 1. The molecule has 0 bridgehead atoms. The minimum Gasteiger partial charge on any atom is -0.390 e. The number of hydrogen-bond acceptors (Lipinski definition) is 3. The average Bonchev–Trinajstić information content (AvgIpc) is 2.74. The SMILES string of the molecule is O=C(c1ccccc1)N1CCC(N2CCC(c3ccccc3)CC2)C(O)C1. The van der Waals surface area contributed by atoms with Gasteiger partial charge in [0.05, 0.1) is 6.10 Å². The van der Waals surface area contributed by atoms with Crippen LogP contribution in [0, 0.1) is 0 Å². The fourth-order valence-corrected chi connectivity index (χ4v) is 4.58. The number of likely N-dealkylation sites (tertiary alicyclic amines) is 2. The molecule has 2 atom stereocenters. The summed E-state index contributed by atoms with van der Waals surface area (Å²) in [5.74, 6) is 0.648. The van der Waals surface area contributed by atoms with Crippen molar-refractivity contribution in [3.05, 3.63) is 71.8 Å². The number of piperidine rings is 2. The van der Waals surface area contributed by atoms with Gasteiger partial charge in [-0.1, -0.05) is 48.5 Å². The topological polar surface area (TPSA) is 43.8 Å². The molecule has 0 spiro atoms. The van der Waals surface area contributed by atoms with Crippen molar-refractivity contribution in [3.8, 4) is 0 Å². The van der Waals surface area contributed by atoms with Crippen molar-refractivity contribution in [2.45, 2.75) is 37.3 Å². The van der Waals surface area contributed by atoms with Crippen LogP contribution in [-0.2, 0) is 0 Å². The summed E-state index contributed by atoms with van der Waals surface area (Å²) in [5, 5.41) is 10.7. The second-order valence-corrected chi connectivity index (χ2v) is 7.76. The van der Waals surface area contributed by atoms with Crippen LogP contribution < -0.4 is 0 Å². The van der Waals surface area contributed by atoms with Crippen molar-refractivity contribution in [1.29, 1.82) is 0 Å². The molecule has 1 amide bonds. The van der Waals surface area contributed by atoms with Crippen LogP contribution in [0.1, 0.15) is 41.1 Å². The van der Waals surface area contributed by atoms with Crippen LogP contribution in [-0.4, -0.2) is 59.1 Å². The first-order valence-electron chi connectivity index (χ1n) is 10.0. The van der Waals surface area contributed by atoms with E-state index in [9.17, 15) is 9.90 Å². The molecule has 2 heterocycles. The third-order valence-corrected chi connectivity index (χ3v) is 6.12. The van der Waals surface area contributed by atoms with Gasteiger partial charge in [0.15, 0.2) is 0 Å². The first kappa shape index (κ1) is 18.2. The molecule has 2 aromatic carbocycles. The number of amides is 1. The van der Waals surface area contributed by atoms with Crippen molar-refractivity contribution >= 4 is 5.91 Å². The van der Waals surface area contributed by atoms with E-state index < -0.39 is 6.10 Å². The van der Waals surface area contributed by atoms with E-state index >= 15 is 0 Å². The lowest BCUT2D eigenvalue weighted by atomic mass is 9.87. The molecule has 142 valence electrons. The van der Waals surface area contributed by atoms with Gasteiger partial charge in [0.1, 0.15) is 0 Å². The number of β-amino-alcohol motifs (C(OH)–C–C–N with tert-alkyl or cyclic N) is 1. The molecule has 4 rings (SSSR count). The highest BCUT2D eigenvalue weighted by Crippen LogP contribution is 2.30. The molecule has 2 aliphatic rings. The van der Waals surface area contributed by atoms with E-state index in [-0.39, 0.29) is 11.9 Å². The number of hydrogen-bond donors (Lipinski definition) is 1. The Hall–Kier alpha value is -2.17. The highest BCUT2D eigenvalue weighted by molar-refractivity contribution is 5.94. The van der Waals surface area contributed by atoms with Gasteiger partial charge in [-0.3, -0.25) is 9.69 Å². The third kappa shape index (κ3) is 4.07. The number of benzene rings is 2. The van der Waals surface area contributed by atoms with Gasteiger partial charge in [-0.25, -0.2) is 0 Å². The van der Waals surface area contributed by atoms with E-state index in [4.69, 9.17) is 0 Å². The molecule has 2 aromatic rings. The van der Waals surface area contributed by atoms with Crippen LogP contribution in [0.5, 0.6) is 0 Å². The Labute approximate surface area is 161 Å². The Kier molecular flexibility index (Phi) is 5.55. The highest BCUT2D eigenvalue weighted by Gasteiger charge is 2.35. The van der Waals surface area contributed by atoms with E-state index in [1.54, 1.807) is 4.90 Å². The monoisotopic (exact) mass is 364 g/mol. The zero-order valence-corrected chi connectivity index (χ0v) is 15.7. The average molecular weight is 364 g/mol. The minimum atomic E-state index is -0.473. The summed E-state index contributed by atoms with van der Waals surface area (Å²) in [4.78, 5) is 16.9. The fourth-order valence-electron chi connectivity index (χ4n) is 4.58. The molecule has 2 unspecified atom stereocenters. The van der Waals surface area contributed by atoms with Gasteiger partial charge in [-0.15, -0.1) is 0 Å². The van der Waals surface area contributed by atoms with Crippen LogP contribution >= 0.6 is 0 Å². The molecule has 0 aliphatic carbocycles. The van der Waals surface area contributed by atoms with Gasteiger partial charge < -0.3 is 10.0 Å². The molecular weight excluding hydrogens is 336 g/mol. The summed E-state index contributed by atoms with van der Waals surface area (Å²) in [6.07, 6.45) is 2.65. The maximum atomic E-state index is 12.6. The summed E-state index contributed by atoms with van der Waals surface area (Å²) < 4.78 is 0. The summed E-state index contributed by atoms with van der Waals surface area (Å²) in [5.41, 5.74) is 2.13. The predicted octanol–water partition coefficient (Wildman–Crippen LogP) is 3.14. The number of aliphatic hydroxyl groups is 1. The first-order valence-corrected chi connectivity index (χ1v) is 10.0. The lowest BCUT2D eigenvalue weighted by Crippen LogP contribution is -2.56. The zero-order valence-electron chi connectivity index (χ0n) is 15.7. The molecule has 4 heteroatoms. The van der Waals surface area contributed by atoms with Gasteiger partial charge in [0.2, 0.25) is 0 Å². The van der Waals surface area contributed by atoms with Gasteiger partial charge in [0, 0.05) is 24.7 Å². The second-order valence-electron chi connectivity index (χ2n) is 7.76. The van der Waals surface area contributed by atoms with E-state index in [1.807, 2.05) is 30.3 Å². The zero-order chi connectivity index (χ0) is 18.6. The summed E-state index contributed by atoms with van der Waals surface area (Å²) in [6, 6.07) is 20.3. The molecule has 2 fully saturated rings. The Morgan fingerprint density at radius 2 is 1.48 bits per heavy atom. The highest BCUT2D eigenvalue weighted by atomic mass is 16.3. The number of nitrogens with zero attached hydrogens (tertiary/aromatic N) is 2. The lowest BCUT2D eigenvalue weighted by Gasteiger charge is -2.44. The van der Waals surface area contributed by atoms with Gasteiger partial charge >= 0.3 is 0 Å². The molecule has 0 radical (unpaired) electrons. The minimum absolute atomic E-state index is 0.0240. The normalized spacial score (nSPS) is 24.7. The van der Waals surface area contributed by atoms with E-state index in [2.05, 4.69) is 35.2 Å². The summed E-state index contributed by atoms with van der Waals surface area (Å²) in [7, 11) is 0. The smallest absolute Gasteiger partial charge is 0.253 e. The lowest BCUT2D eigenvalue weighted by molar-refractivity contribution is -0.0164. The molecule has 0 aromatic heterocycles. The van der Waals surface area contributed by atoms with Gasteiger partial charge in [0.25, 0.3) is 5.91 Å². The van der Waals surface area contributed by atoms with Crippen molar-refractivity contribution in [2.24, 2.45) is 0 Å². The molecule has 1 N–H and O–H groups in total. The Balaban J connectivity index is 1.32. The molecular formula is C23H28N2O2. The number of carbonyl (C=O) groups is 1. The summed E-state index contributed by atoms with van der Waals surface area (Å²) in [6.45, 7) is 3.19. The molecule has 0 saturated carbocycles. The van der Waals surface area contributed by atoms with Crippen LogP contribution in [0.25, 0.3) is 0 Å². The first-order chi connectivity index (χ1) is 13.2. The van der Waals surface area contributed by atoms with Crippen LogP contribution in [0.4, 0.5) is 0 Å². The van der Waals surface area contributed by atoms with Crippen molar-refractivity contribution < 1.29 is 9.90 Å². The van der Waals surface area contributed by atoms with Crippen molar-refractivity contribution in [3.63, 3.8) is 0 Å². The molecule has 2 saturated heterocycles.